The zero-order chi connectivity index (χ0) is 12.3. The van der Waals surface area contributed by atoms with Crippen molar-refractivity contribution >= 4 is 23.5 Å². The molecule has 0 saturated carbocycles. The minimum absolute atomic E-state index is 0.143. The van der Waals surface area contributed by atoms with Gasteiger partial charge in [-0.3, -0.25) is 10.1 Å². The van der Waals surface area contributed by atoms with Gasteiger partial charge in [0.2, 0.25) is 17.7 Å². The van der Waals surface area contributed by atoms with E-state index in [9.17, 15) is 4.79 Å². The number of ether oxygens (including phenoxy) is 1. The number of carbonyl (C=O) groups is 1. The van der Waals surface area contributed by atoms with Gasteiger partial charge in [-0.25, -0.2) is 4.98 Å². The van der Waals surface area contributed by atoms with Gasteiger partial charge in [-0.1, -0.05) is 32.4 Å². The van der Waals surface area contributed by atoms with Gasteiger partial charge >= 0.3 is 0 Å². The number of carbonyl (C=O) groups excluding carboxylic acids is 1. The second-order valence-corrected chi connectivity index (χ2v) is 4.65. The predicted molar refractivity (Wildman–Crippen MR) is 61.7 cm³/mol. The van der Waals surface area contributed by atoms with Gasteiger partial charge in [0.15, 0.2) is 0 Å². The van der Waals surface area contributed by atoms with Crippen LogP contribution in [0.3, 0.4) is 0 Å². The summed E-state index contributed by atoms with van der Waals surface area (Å²) in [6.07, 6.45) is 0. The highest BCUT2D eigenvalue weighted by atomic mass is 35.5. The summed E-state index contributed by atoms with van der Waals surface area (Å²) in [5, 5.41) is 2.79. The molecular formula is C10H14ClN3O2. The fourth-order valence-electron chi connectivity index (χ4n) is 0.847. The number of amides is 1. The van der Waals surface area contributed by atoms with E-state index in [2.05, 4.69) is 15.3 Å². The summed E-state index contributed by atoms with van der Waals surface area (Å²) in [5.74, 6) is 0.269. The topological polar surface area (TPSA) is 64.1 Å². The van der Waals surface area contributed by atoms with E-state index in [0.717, 1.165) is 0 Å². The van der Waals surface area contributed by atoms with Crippen LogP contribution < -0.4 is 10.1 Å². The average Bonchev–Trinajstić information content (AvgIpc) is 2.15. The molecule has 88 valence electrons. The van der Waals surface area contributed by atoms with Crippen LogP contribution in [0.25, 0.3) is 0 Å². The van der Waals surface area contributed by atoms with Crippen LogP contribution in [0.4, 0.5) is 5.95 Å². The van der Waals surface area contributed by atoms with Crippen LogP contribution in [0, 0.1) is 5.41 Å². The fourth-order valence-corrected chi connectivity index (χ4v) is 1.02. The number of aromatic nitrogens is 2. The summed E-state index contributed by atoms with van der Waals surface area (Å²) in [7, 11) is 1.47. The number of anilines is 1. The smallest absolute Gasteiger partial charge is 0.234 e. The molecule has 0 aliphatic carbocycles. The summed E-state index contributed by atoms with van der Waals surface area (Å²) in [6, 6.07) is 1.47. The molecule has 1 aromatic rings. The van der Waals surface area contributed by atoms with Crippen molar-refractivity contribution in [3.63, 3.8) is 0 Å². The highest BCUT2D eigenvalue weighted by Crippen LogP contribution is 2.19. The van der Waals surface area contributed by atoms with Crippen LogP contribution in [0.5, 0.6) is 5.88 Å². The van der Waals surface area contributed by atoms with Crippen molar-refractivity contribution in [2.24, 2.45) is 5.41 Å². The predicted octanol–water partition coefficient (Wildman–Crippen LogP) is 2.12. The van der Waals surface area contributed by atoms with Crippen LogP contribution in [0.2, 0.25) is 5.15 Å². The van der Waals surface area contributed by atoms with Crippen molar-refractivity contribution in [1.29, 1.82) is 0 Å². The quantitative estimate of drug-likeness (QED) is 0.809. The molecule has 5 nitrogen and oxygen atoms in total. The molecule has 0 unspecified atom stereocenters. The molecule has 0 fully saturated rings. The molecule has 1 heterocycles. The Labute approximate surface area is 99.2 Å². The maximum absolute atomic E-state index is 11.7. The maximum atomic E-state index is 11.7. The van der Waals surface area contributed by atoms with E-state index in [-0.39, 0.29) is 17.0 Å². The third-order valence-electron chi connectivity index (χ3n) is 1.79. The number of halogens is 1. The minimum Gasteiger partial charge on any atom is -0.481 e. The van der Waals surface area contributed by atoms with Crippen molar-refractivity contribution in [3.05, 3.63) is 11.2 Å². The van der Waals surface area contributed by atoms with Gasteiger partial charge in [0, 0.05) is 11.5 Å². The summed E-state index contributed by atoms with van der Waals surface area (Å²) in [4.78, 5) is 19.5. The molecule has 6 heteroatoms. The van der Waals surface area contributed by atoms with Gasteiger partial charge < -0.3 is 4.74 Å². The molecular weight excluding hydrogens is 230 g/mol. The van der Waals surface area contributed by atoms with E-state index in [1.165, 1.54) is 13.2 Å². The van der Waals surface area contributed by atoms with E-state index in [1.807, 2.05) is 0 Å². The Morgan fingerprint density at radius 1 is 1.44 bits per heavy atom. The number of nitrogens with zero attached hydrogens (tertiary/aromatic N) is 2. The zero-order valence-electron chi connectivity index (χ0n) is 9.67. The highest BCUT2D eigenvalue weighted by Gasteiger charge is 2.22. The molecule has 0 aliphatic heterocycles. The van der Waals surface area contributed by atoms with Gasteiger partial charge in [0.05, 0.1) is 7.11 Å². The first kappa shape index (κ1) is 12.7. The largest absolute Gasteiger partial charge is 0.481 e. The van der Waals surface area contributed by atoms with Crippen molar-refractivity contribution in [1.82, 2.24) is 9.97 Å². The Morgan fingerprint density at radius 2 is 2.06 bits per heavy atom. The Hall–Kier alpha value is -1.36. The first-order chi connectivity index (χ1) is 7.32. The molecule has 0 atom stereocenters. The second-order valence-electron chi connectivity index (χ2n) is 4.26. The van der Waals surface area contributed by atoms with Gasteiger partial charge in [-0.05, 0) is 0 Å². The molecule has 1 N–H and O–H groups in total. The minimum atomic E-state index is -0.515. The SMILES string of the molecule is COc1cc(Cl)nc(NC(=O)C(C)(C)C)n1. The molecule has 0 aromatic carbocycles. The van der Waals surface area contributed by atoms with E-state index >= 15 is 0 Å². The lowest BCUT2D eigenvalue weighted by atomic mass is 9.96. The number of hydrogen-bond acceptors (Lipinski definition) is 4. The van der Waals surface area contributed by atoms with Gasteiger partial charge in [-0.2, -0.15) is 4.98 Å². The first-order valence-electron chi connectivity index (χ1n) is 4.73. The number of methoxy groups -OCH3 is 1. The summed E-state index contributed by atoms with van der Waals surface area (Å²) < 4.78 is 4.92. The van der Waals surface area contributed by atoms with Crippen molar-refractivity contribution in [2.75, 3.05) is 12.4 Å². The Balaban J connectivity index is 2.89. The van der Waals surface area contributed by atoms with Gasteiger partial charge in [0.25, 0.3) is 0 Å². The number of nitrogens with one attached hydrogen (secondary N) is 1. The third-order valence-corrected chi connectivity index (χ3v) is 1.98. The molecule has 0 aliphatic rings. The lowest BCUT2D eigenvalue weighted by Gasteiger charge is -2.16. The average molecular weight is 244 g/mol. The van der Waals surface area contributed by atoms with Crippen LogP contribution in [0.1, 0.15) is 20.8 Å². The second kappa shape index (κ2) is 4.65. The Bertz CT molecular complexity index is 402. The first-order valence-corrected chi connectivity index (χ1v) is 5.11. The standard InChI is InChI=1S/C10H14ClN3O2/c1-10(2,3)8(15)14-9-12-6(11)5-7(13-9)16-4/h5H,1-4H3,(H,12,13,14,15). The van der Waals surface area contributed by atoms with Crippen molar-refractivity contribution in [3.8, 4) is 5.88 Å². The van der Waals surface area contributed by atoms with Crippen LogP contribution in [-0.4, -0.2) is 23.0 Å². The Kier molecular flexibility index (Phi) is 3.70. The lowest BCUT2D eigenvalue weighted by Crippen LogP contribution is -2.28. The summed E-state index contributed by atoms with van der Waals surface area (Å²) in [5.41, 5.74) is -0.515. The molecule has 1 rings (SSSR count). The third kappa shape index (κ3) is 3.34. The normalized spacial score (nSPS) is 11.1. The number of rotatable bonds is 2. The molecule has 0 spiro atoms. The zero-order valence-corrected chi connectivity index (χ0v) is 10.4. The van der Waals surface area contributed by atoms with E-state index in [4.69, 9.17) is 16.3 Å². The van der Waals surface area contributed by atoms with Crippen LogP contribution in [0.15, 0.2) is 6.07 Å². The lowest BCUT2D eigenvalue weighted by molar-refractivity contribution is -0.123. The van der Waals surface area contributed by atoms with Gasteiger partial charge in [0.1, 0.15) is 5.15 Å². The maximum Gasteiger partial charge on any atom is 0.234 e. The summed E-state index contributed by atoms with van der Waals surface area (Å²) in [6.45, 7) is 5.39. The molecule has 0 bridgehead atoms. The molecule has 1 amide bonds. The molecule has 0 radical (unpaired) electrons. The number of hydrogen-bond donors (Lipinski definition) is 1. The van der Waals surface area contributed by atoms with Crippen molar-refractivity contribution < 1.29 is 9.53 Å². The monoisotopic (exact) mass is 243 g/mol. The molecule has 16 heavy (non-hydrogen) atoms. The van der Waals surface area contributed by atoms with E-state index < -0.39 is 5.41 Å². The molecule has 1 aromatic heterocycles. The van der Waals surface area contributed by atoms with E-state index in [1.54, 1.807) is 20.8 Å². The van der Waals surface area contributed by atoms with Crippen molar-refractivity contribution in [2.45, 2.75) is 20.8 Å². The summed E-state index contributed by atoms with van der Waals surface area (Å²) >= 11 is 5.74. The molecule has 0 saturated heterocycles. The van der Waals surface area contributed by atoms with Crippen LogP contribution in [-0.2, 0) is 4.79 Å². The highest BCUT2D eigenvalue weighted by molar-refractivity contribution is 6.29. The fraction of sp³-hybridized carbons (Fsp3) is 0.500. The van der Waals surface area contributed by atoms with E-state index in [0.29, 0.717) is 5.88 Å². The van der Waals surface area contributed by atoms with Crippen LogP contribution >= 0.6 is 11.6 Å². The van der Waals surface area contributed by atoms with Gasteiger partial charge in [-0.15, -0.1) is 0 Å². The Morgan fingerprint density at radius 3 is 2.56 bits per heavy atom.